The predicted octanol–water partition coefficient (Wildman–Crippen LogP) is 1.22. The Kier molecular flexibility index (Phi) is 2.90. The first-order valence-corrected chi connectivity index (χ1v) is 6.49. The van der Waals surface area contributed by atoms with Gasteiger partial charge in [-0.2, -0.15) is 0 Å². The summed E-state index contributed by atoms with van der Waals surface area (Å²) in [6, 6.07) is 1.85. The average Bonchev–Trinajstić information content (AvgIpc) is 3.11. The van der Waals surface area contributed by atoms with Crippen LogP contribution < -0.4 is 0 Å². The Balaban J connectivity index is 2.03. The van der Waals surface area contributed by atoms with Gasteiger partial charge in [-0.1, -0.05) is 0 Å². The van der Waals surface area contributed by atoms with Crippen molar-refractivity contribution < 1.29 is 9.53 Å². The highest BCUT2D eigenvalue weighted by Gasteiger charge is 2.43. The molecule has 0 spiro atoms. The fraction of sp³-hybridized carbons (Fsp3) is 0.429. The van der Waals surface area contributed by atoms with Gasteiger partial charge < -0.3 is 4.74 Å². The fourth-order valence-electron chi connectivity index (χ4n) is 2.09. The van der Waals surface area contributed by atoms with Gasteiger partial charge in [-0.3, -0.25) is 9.36 Å². The third-order valence-corrected chi connectivity index (χ3v) is 3.46. The number of imidazole rings is 1. The third kappa shape index (κ3) is 2.22. The first kappa shape index (κ1) is 12.9. The normalized spacial score (nSPS) is 18.1. The molecular formula is C14H16N4O2. The summed E-state index contributed by atoms with van der Waals surface area (Å²) in [7, 11) is 0. The van der Waals surface area contributed by atoms with Gasteiger partial charge >= 0.3 is 0 Å². The van der Waals surface area contributed by atoms with Gasteiger partial charge in [0.15, 0.2) is 5.78 Å². The summed E-state index contributed by atoms with van der Waals surface area (Å²) < 4.78 is 6.83. The molecule has 20 heavy (non-hydrogen) atoms. The molecule has 0 amide bonds. The Morgan fingerprint density at radius 2 is 2.20 bits per heavy atom. The predicted molar refractivity (Wildman–Crippen MR) is 71.7 cm³/mol. The van der Waals surface area contributed by atoms with Gasteiger partial charge in [0, 0.05) is 18.1 Å². The van der Waals surface area contributed by atoms with Crippen LogP contribution in [0, 0.1) is 6.92 Å². The van der Waals surface area contributed by atoms with Crippen molar-refractivity contribution in [2.45, 2.75) is 32.3 Å². The van der Waals surface area contributed by atoms with E-state index in [1.54, 1.807) is 23.3 Å². The molecule has 3 heterocycles. The van der Waals surface area contributed by atoms with Crippen molar-refractivity contribution in [3.05, 3.63) is 36.2 Å². The lowest BCUT2D eigenvalue weighted by molar-refractivity contribution is -0.124. The van der Waals surface area contributed by atoms with Gasteiger partial charge in [0.25, 0.3) is 0 Å². The number of epoxide rings is 1. The summed E-state index contributed by atoms with van der Waals surface area (Å²) in [5.41, 5.74) is 0.829. The second-order valence-electron chi connectivity index (χ2n) is 5.48. The van der Waals surface area contributed by atoms with E-state index in [1.165, 1.54) is 0 Å². The number of hydrogen-bond acceptors (Lipinski definition) is 5. The maximum atomic E-state index is 12.3. The molecule has 104 valence electrons. The van der Waals surface area contributed by atoms with Crippen molar-refractivity contribution in [1.29, 1.82) is 0 Å². The number of carbonyl (C=O) groups is 1. The molecule has 0 radical (unpaired) electrons. The summed E-state index contributed by atoms with van der Waals surface area (Å²) in [6.07, 6.45) is 4.80. The zero-order valence-electron chi connectivity index (χ0n) is 11.7. The molecule has 0 N–H and O–H groups in total. The van der Waals surface area contributed by atoms with E-state index in [4.69, 9.17) is 4.74 Å². The minimum absolute atomic E-state index is 0.0622. The average molecular weight is 272 g/mol. The summed E-state index contributed by atoms with van der Waals surface area (Å²) in [4.78, 5) is 25.2. The van der Waals surface area contributed by atoms with E-state index in [-0.39, 0.29) is 11.9 Å². The number of aryl methyl sites for hydroxylation is 1. The van der Waals surface area contributed by atoms with Crippen LogP contribution in [0.25, 0.3) is 5.95 Å². The Morgan fingerprint density at radius 1 is 1.45 bits per heavy atom. The van der Waals surface area contributed by atoms with Crippen molar-refractivity contribution in [2.24, 2.45) is 0 Å². The smallest absolute Gasteiger partial charge is 0.235 e. The molecule has 0 saturated carbocycles. The molecule has 1 saturated heterocycles. The zero-order chi connectivity index (χ0) is 14.3. The van der Waals surface area contributed by atoms with Crippen molar-refractivity contribution in [3.63, 3.8) is 0 Å². The van der Waals surface area contributed by atoms with E-state index in [0.29, 0.717) is 18.2 Å². The number of Topliss-reactive ketones (excluding diaryl/α,β-unsaturated/α-hetero) is 1. The highest BCUT2D eigenvalue weighted by atomic mass is 16.6. The molecule has 2 aromatic rings. The Labute approximate surface area is 116 Å². The molecule has 2 aromatic heterocycles. The molecule has 1 fully saturated rings. The second kappa shape index (κ2) is 4.49. The van der Waals surface area contributed by atoms with Crippen LogP contribution in [-0.4, -0.2) is 38.0 Å². The van der Waals surface area contributed by atoms with Crippen LogP contribution in [-0.2, 0) is 14.9 Å². The zero-order valence-corrected chi connectivity index (χ0v) is 11.7. The maximum absolute atomic E-state index is 12.3. The lowest BCUT2D eigenvalue weighted by Crippen LogP contribution is -2.34. The topological polar surface area (TPSA) is 73.2 Å². The highest BCUT2D eigenvalue weighted by Crippen LogP contribution is 2.29. The minimum atomic E-state index is -0.690. The largest absolute Gasteiger partial charge is 0.365 e. The van der Waals surface area contributed by atoms with Crippen molar-refractivity contribution in [1.82, 2.24) is 19.5 Å². The standard InChI is InChI=1S/C14H16N4O2/c1-9-6-11(14(2,3)12(19)10-7-20-10)17-13(16-9)18-5-4-15-8-18/h4-6,8,10H,7H2,1-3H3. The lowest BCUT2D eigenvalue weighted by atomic mass is 9.82. The molecule has 1 unspecified atom stereocenters. The Morgan fingerprint density at radius 3 is 2.80 bits per heavy atom. The van der Waals surface area contributed by atoms with E-state index in [2.05, 4.69) is 15.0 Å². The van der Waals surface area contributed by atoms with Crippen LogP contribution in [0.4, 0.5) is 0 Å². The molecule has 1 atom stereocenters. The number of nitrogens with zero attached hydrogens (tertiary/aromatic N) is 4. The third-order valence-electron chi connectivity index (χ3n) is 3.46. The fourth-order valence-corrected chi connectivity index (χ4v) is 2.09. The van der Waals surface area contributed by atoms with Gasteiger partial charge in [-0.15, -0.1) is 0 Å². The summed E-state index contributed by atoms with van der Waals surface area (Å²) in [5.74, 6) is 0.585. The summed E-state index contributed by atoms with van der Waals surface area (Å²) >= 11 is 0. The van der Waals surface area contributed by atoms with Gasteiger partial charge in [0.1, 0.15) is 12.4 Å². The van der Waals surface area contributed by atoms with Crippen LogP contribution in [0.15, 0.2) is 24.8 Å². The van der Waals surface area contributed by atoms with Crippen LogP contribution >= 0.6 is 0 Å². The van der Waals surface area contributed by atoms with Crippen molar-refractivity contribution >= 4 is 5.78 Å². The SMILES string of the molecule is Cc1cc(C(C)(C)C(=O)C2CO2)nc(-n2ccnc2)n1. The molecule has 6 heteroatoms. The number of aromatic nitrogens is 4. The molecule has 1 aliphatic heterocycles. The van der Waals surface area contributed by atoms with E-state index in [9.17, 15) is 4.79 Å². The van der Waals surface area contributed by atoms with E-state index < -0.39 is 5.41 Å². The number of ketones is 1. The van der Waals surface area contributed by atoms with E-state index in [0.717, 1.165) is 5.69 Å². The van der Waals surface area contributed by atoms with Crippen LogP contribution in [0.5, 0.6) is 0 Å². The summed E-state index contributed by atoms with van der Waals surface area (Å²) in [6.45, 7) is 6.15. The molecule has 0 aliphatic carbocycles. The van der Waals surface area contributed by atoms with Crippen LogP contribution in [0.1, 0.15) is 25.2 Å². The monoisotopic (exact) mass is 272 g/mol. The number of ether oxygens (including phenoxy) is 1. The molecule has 6 nitrogen and oxygen atoms in total. The first-order valence-electron chi connectivity index (χ1n) is 6.49. The molecular weight excluding hydrogens is 256 g/mol. The van der Waals surface area contributed by atoms with Crippen LogP contribution in [0.3, 0.4) is 0 Å². The number of rotatable bonds is 4. The van der Waals surface area contributed by atoms with Gasteiger partial charge in [-0.25, -0.2) is 15.0 Å². The van der Waals surface area contributed by atoms with Crippen LogP contribution in [0.2, 0.25) is 0 Å². The quantitative estimate of drug-likeness (QED) is 0.782. The number of hydrogen-bond donors (Lipinski definition) is 0. The number of carbonyl (C=O) groups excluding carboxylic acids is 1. The molecule has 3 rings (SSSR count). The molecule has 1 aliphatic rings. The molecule has 0 bridgehead atoms. The minimum Gasteiger partial charge on any atom is -0.365 e. The van der Waals surface area contributed by atoms with Gasteiger partial charge in [-0.05, 0) is 26.8 Å². The Bertz CT molecular complexity index is 645. The van der Waals surface area contributed by atoms with Crippen molar-refractivity contribution in [2.75, 3.05) is 6.61 Å². The van der Waals surface area contributed by atoms with E-state index >= 15 is 0 Å². The van der Waals surface area contributed by atoms with Gasteiger partial charge in [0.05, 0.1) is 17.7 Å². The lowest BCUT2D eigenvalue weighted by Gasteiger charge is -2.22. The molecule has 0 aromatic carbocycles. The summed E-state index contributed by atoms with van der Waals surface area (Å²) in [5, 5.41) is 0. The second-order valence-corrected chi connectivity index (χ2v) is 5.48. The first-order chi connectivity index (χ1) is 9.48. The Hall–Kier alpha value is -2.08. The van der Waals surface area contributed by atoms with Crippen molar-refractivity contribution in [3.8, 4) is 5.95 Å². The highest BCUT2D eigenvalue weighted by molar-refractivity contribution is 5.94. The maximum Gasteiger partial charge on any atom is 0.235 e. The van der Waals surface area contributed by atoms with E-state index in [1.807, 2.05) is 26.8 Å². The van der Waals surface area contributed by atoms with Gasteiger partial charge in [0.2, 0.25) is 5.95 Å².